The zero-order chi connectivity index (χ0) is 14.0. The van der Waals surface area contributed by atoms with Crippen molar-refractivity contribution in [3.63, 3.8) is 0 Å². The molecule has 2 nitrogen and oxygen atoms in total. The van der Waals surface area contributed by atoms with Crippen LogP contribution >= 0.6 is 11.3 Å². The fraction of sp³-hybridized carbons (Fsp3) is 0.312. The van der Waals surface area contributed by atoms with Gasteiger partial charge in [-0.3, -0.25) is 4.79 Å². The molecule has 1 aromatic carbocycles. The zero-order valence-electron chi connectivity index (χ0n) is 11.8. The van der Waals surface area contributed by atoms with Crippen LogP contribution in [0.1, 0.15) is 25.6 Å². The third-order valence-electron chi connectivity index (χ3n) is 3.07. The summed E-state index contributed by atoms with van der Waals surface area (Å²) in [5.74, 6) is 0.0931. The molecule has 0 N–H and O–H groups in total. The van der Waals surface area contributed by atoms with E-state index in [0.29, 0.717) is 0 Å². The quantitative estimate of drug-likeness (QED) is 0.807. The Bertz CT molecular complexity index is 572. The molecule has 100 valence electrons. The van der Waals surface area contributed by atoms with Crippen LogP contribution in [-0.2, 0) is 4.79 Å². The third kappa shape index (κ3) is 2.87. The number of nitrogens with zero attached hydrogens (tertiary/aromatic N) is 1. The van der Waals surface area contributed by atoms with Gasteiger partial charge >= 0.3 is 0 Å². The maximum absolute atomic E-state index is 11.8. The predicted molar refractivity (Wildman–Crippen MR) is 82.8 cm³/mol. The Kier molecular flexibility index (Phi) is 4.05. The van der Waals surface area contributed by atoms with Gasteiger partial charge in [0.1, 0.15) is 0 Å². The molecule has 3 heteroatoms. The molecule has 0 aliphatic carbocycles. The molecule has 0 unspecified atom stereocenters. The minimum absolute atomic E-state index is 0.0931. The minimum Gasteiger partial charge on any atom is -0.309 e. The van der Waals surface area contributed by atoms with Gasteiger partial charge in [-0.1, -0.05) is 30.3 Å². The highest BCUT2D eigenvalue weighted by atomic mass is 32.1. The summed E-state index contributed by atoms with van der Waals surface area (Å²) in [5, 5.41) is 0. The first-order valence-electron chi connectivity index (χ1n) is 6.46. The summed E-state index contributed by atoms with van der Waals surface area (Å²) in [7, 11) is 0. The van der Waals surface area contributed by atoms with Crippen LogP contribution in [0.4, 0.5) is 5.69 Å². The van der Waals surface area contributed by atoms with E-state index in [2.05, 4.69) is 25.1 Å². The van der Waals surface area contributed by atoms with Crippen molar-refractivity contribution in [2.45, 2.75) is 33.7 Å². The van der Waals surface area contributed by atoms with E-state index in [1.54, 1.807) is 18.3 Å². The average molecular weight is 273 g/mol. The number of benzene rings is 1. The Balaban J connectivity index is 2.44. The first-order valence-corrected chi connectivity index (χ1v) is 7.28. The number of amides is 1. The number of hydrogen-bond acceptors (Lipinski definition) is 2. The molecule has 0 saturated heterocycles. The molecule has 0 spiro atoms. The van der Waals surface area contributed by atoms with Crippen molar-refractivity contribution in [1.82, 2.24) is 0 Å². The van der Waals surface area contributed by atoms with Gasteiger partial charge in [0.15, 0.2) is 0 Å². The van der Waals surface area contributed by atoms with E-state index < -0.39 is 0 Å². The summed E-state index contributed by atoms with van der Waals surface area (Å²) in [6.07, 6.45) is 0. The van der Waals surface area contributed by atoms with Crippen molar-refractivity contribution in [3.8, 4) is 10.4 Å². The Morgan fingerprint density at radius 2 is 1.84 bits per heavy atom. The average Bonchev–Trinajstić information content (AvgIpc) is 2.72. The minimum atomic E-state index is 0.0931. The summed E-state index contributed by atoms with van der Waals surface area (Å²) >= 11 is 1.74. The topological polar surface area (TPSA) is 20.3 Å². The van der Waals surface area contributed by atoms with Gasteiger partial charge in [0.05, 0.1) is 5.69 Å². The fourth-order valence-corrected chi connectivity index (χ4v) is 3.28. The van der Waals surface area contributed by atoms with E-state index in [1.165, 1.54) is 15.3 Å². The van der Waals surface area contributed by atoms with Crippen molar-refractivity contribution in [2.24, 2.45) is 0 Å². The molecule has 0 atom stereocenters. The largest absolute Gasteiger partial charge is 0.309 e. The standard InChI is InChI=1S/C16H19NOS/c1-11(2)17(13(4)18)15-10-16(19-12(15)3)14-8-6-5-7-9-14/h5-11H,1-4H3. The Hall–Kier alpha value is -1.61. The molecule has 1 amide bonds. The molecular formula is C16H19NOS. The number of aryl methyl sites for hydroxylation is 1. The van der Waals surface area contributed by atoms with Crippen molar-refractivity contribution >= 4 is 22.9 Å². The summed E-state index contributed by atoms with van der Waals surface area (Å²) in [5.41, 5.74) is 2.24. The van der Waals surface area contributed by atoms with Gasteiger partial charge < -0.3 is 4.90 Å². The highest BCUT2D eigenvalue weighted by molar-refractivity contribution is 7.16. The van der Waals surface area contributed by atoms with Crippen molar-refractivity contribution in [2.75, 3.05) is 4.90 Å². The van der Waals surface area contributed by atoms with Crippen LogP contribution in [0.2, 0.25) is 0 Å². The Morgan fingerprint density at radius 1 is 1.21 bits per heavy atom. The van der Waals surface area contributed by atoms with Gasteiger partial charge in [-0.2, -0.15) is 0 Å². The SMILES string of the molecule is CC(=O)N(c1cc(-c2ccccc2)sc1C)C(C)C. The molecule has 2 aromatic rings. The van der Waals surface area contributed by atoms with Crippen molar-refractivity contribution in [3.05, 3.63) is 41.3 Å². The smallest absolute Gasteiger partial charge is 0.224 e. The first kappa shape index (κ1) is 13.8. The van der Waals surface area contributed by atoms with Gasteiger partial charge in [-0.15, -0.1) is 11.3 Å². The second-order valence-electron chi connectivity index (χ2n) is 4.90. The van der Waals surface area contributed by atoms with Gasteiger partial charge in [0.2, 0.25) is 5.91 Å². The van der Waals surface area contributed by atoms with Crippen LogP contribution in [-0.4, -0.2) is 11.9 Å². The van der Waals surface area contributed by atoms with Crippen molar-refractivity contribution in [1.29, 1.82) is 0 Å². The zero-order valence-corrected chi connectivity index (χ0v) is 12.6. The molecule has 0 bridgehead atoms. The fourth-order valence-electron chi connectivity index (χ4n) is 2.27. The van der Waals surface area contributed by atoms with E-state index in [-0.39, 0.29) is 11.9 Å². The maximum atomic E-state index is 11.8. The van der Waals surface area contributed by atoms with E-state index in [4.69, 9.17) is 0 Å². The van der Waals surface area contributed by atoms with Crippen LogP contribution in [0.25, 0.3) is 10.4 Å². The number of carbonyl (C=O) groups is 1. The van der Waals surface area contributed by atoms with E-state index in [1.807, 2.05) is 36.9 Å². The van der Waals surface area contributed by atoms with E-state index >= 15 is 0 Å². The van der Waals surface area contributed by atoms with E-state index in [0.717, 1.165) is 5.69 Å². The molecule has 1 heterocycles. The van der Waals surface area contributed by atoms with Crippen LogP contribution < -0.4 is 4.90 Å². The van der Waals surface area contributed by atoms with Gasteiger partial charge in [0, 0.05) is 22.7 Å². The molecule has 0 aliphatic rings. The number of thiophene rings is 1. The normalized spacial score (nSPS) is 10.8. The summed E-state index contributed by atoms with van der Waals surface area (Å²) in [6, 6.07) is 12.6. The van der Waals surface area contributed by atoms with Crippen LogP contribution in [0, 0.1) is 6.92 Å². The van der Waals surface area contributed by atoms with E-state index in [9.17, 15) is 4.79 Å². The lowest BCUT2D eigenvalue weighted by Crippen LogP contribution is -2.35. The molecule has 0 aliphatic heterocycles. The maximum Gasteiger partial charge on any atom is 0.224 e. The summed E-state index contributed by atoms with van der Waals surface area (Å²) < 4.78 is 0. The summed E-state index contributed by atoms with van der Waals surface area (Å²) in [6.45, 7) is 7.78. The second kappa shape index (κ2) is 5.57. The predicted octanol–water partition coefficient (Wildman–Crippen LogP) is 4.48. The van der Waals surface area contributed by atoms with Gasteiger partial charge in [-0.25, -0.2) is 0 Å². The number of rotatable bonds is 3. The van der Waals surface area contributed by atoms with Gasteiger partial charge in [0.25, 0.3) is 0 Å². The number of hydrogen-bond donors (Lipinski definition) is 0. The second-order valence-corrected chi connectivity index (χ2v) is 6.16. The van der Waals surface area contributed by atoms with Crippen LogP contribution in [0.5, 0.6) is 0 Å². The lowest BCUT2D eigenvalue weighted by Gasteiger charge is -2.25. The molecule has 0 saturated carbocycles. The van der Waals surface area contributed by atoms with Gasteiger partial charge in [-0.05, 0) is 32.4 Å². The molecule has 0 radical (unpaired) electrons. The molecule has 2 rings (SSSR count). The highest BCUT2D eigenvalue weighted by Gasteiger charge is 2.19. The Morgan fingerprint density at radius 3 is 2.37 bits per heavy atom. The Labute approximate surface area is 118 Å². The first-order chi connectivity index (χ1) is 9.00. The molecule has 1 aromatic heterocycles. The lowest BCUT2D eigenvalue weighted by atomic mass is 10.1. The van der Waals surface area contributed by atoms with Crippen molar-refractivity contribution < 1.29 is 4.79 Å². The molecule has 19 heavy (non-hydrogen) atoms. The molecule has 0 fully saturated rings. The third-order valence-corrected chi connectivity index (χ3v) is 4.15. The van der Waals surface area contributed by atoms with Crippen LogP contribution in [0.15, 0.2) is 36.4 Å². The monoisotopic (exact) mass is 273 g/mol. The number of anilines is 1. The lowest BCUT2D eigenvalue weighted by molar-refractivity contribution is -0.116. The number of carbonyl (C=O) groups excluding carboxylic acids is 1. The summed E-state index contributed by atoms with van der Waals surface area (Å²) in [4.78, 5) is 16.1. The highest BCUT2D eigenvalue weighted by Crippen LogP contribution is 2.36. The molecular weight excluding hydrogens is 254 g/mol. The van der Waals surface area contributed by atoms with Crippen LogP contribution in [0.3, 0.4) is 0 Å².